The van der Waals surface area contributed by atoms with Crippen LogP contribution in [-0.4, -0.2) is 18.1 Å². The maximum Gasteiger partial charge on any atom is 0.165 e. The molecule has 2 aromatic rings. The first kappa shape index (κ1) is 14.8. The predicted molar refractivity (Wildman–Crippen MR) is 77.7 cm³/mol. The third-order valence-corrected chi connectivity index (χ3v) is 3.53. The zero-order valence-electron chi connectivity index (χ0n) is 11.1. The molecule has 0 amide bonds. The van der Waals surface area contributed by atoms with Gasteiger partial charge >= 0.3 is 0 Å². The lowest BCUT2D eigenvalue weighted by molar-refractivity contribution is 0.0770. The van der Waals surface area contributed by atoms with Gasteiger partial charge in [0, 0.05) is 5.88 Å². The van der Waals surface area contributed by atoms with Crippen molar-refractivity contribution in [1.29, 1.82) is 0 Å². The highest BCUT2D eigenvalue weighted by Gasteiger charge is 2.31. The van der Waals surface area contributed by atoms with E-state index in [1.54, 1.807) is 18.2 Å². The van der Waals surface area contributed by atoms with Gasteiger partial charge < -0.3 is 9.84 Å². The molecule has 0 aliphatic heterocycles. The molecule has 20 heavy (non-hydrogen) atoms. The largest absolute Gasteiger partial charge is 0.494 e. The van der Waals surface area contributed by atoms with Crippen LogP contribution in [-0.2, 0) is 5.60 Å². The molecule has 4 heteroatoms. The summed E-state index contributed by atoms with van der Waals surface area (Å²) >= 11 is 5.81. The van der Waals surface area contributed by atoms with E-state index in [1.807, 2.05) is 18.2 Å². The van der Waals surface area contributed by atoms with Crippen molar-refractivity contribution >= 4 is 11.6 Å². The third-order valence-electron chi connectivity index (χ3n) is 3.34. The van der Waals surface area contributed by atoms with Crippen molar-refractivity contribution in [2.45, 2.75) is 12.0 Å². The Hall–Kier alpha value is -1.58. The summed E-state index contributed by atoms with van der Waals surface area (Å²) in [6.45, 7) is 0. The Bertz CT molecular complexity index is 574. The molecule has 0 radical (unpaired) electrons. The van der Waals surface area contributed by atoms with Crippen molar-refractivity contribution in [1.82, 2.24) is 0 Å². The first-order valence-electron chi connectivity index (χ1n) is 6.29. The summed E-state index contributed by atoms with van der Waals surface area (Å²) in [7, 11) is 1.40. The van der Waals surface area contributed by atoms with Crippen LogP contribution in [0.2, 0.25) is 0 Å². The van der Waals surface area contributed by atoms with E-state index in [-0.39, 0.29) is 11.6 Å². The number of benzene rings is 2. The van der Waals surface area contributed by atoms with Crippen molar-refractivity contribution < 1.29 is 14.2 Å². The smallest absolute Gasteiger partial charge is 0.165 e. The third kappa shape index (κ3) is 2.79. The highest BCUT2D eigenvalue weighted by molar-refractivity contribution is 6.17. The normalized spacial score (nSPS) is 13.8. The van der Waals surface area contributed by atoms with Crippen LogP contribution in [0.25, 0.3) is 0 Å². The Morgan fingerprint density at radius 1 is 1.15 bits per heavy atom. The van der Waals surface area contributed by atoms with Crippen LogP contribution < -0.4 is 4.74 Å². The Morgan fingerprint density at radius 3 is 2.40 bits per heavy atom. The second-order valence-corrected chi connectivity index (χ2v) is 4.89. The Kier molecular flexibility index (Phi) is 4.63. The van der Waals surface area contributed by atoms with Crippen LogP contribution in [0.4, 0.5) is 4.39 Å². The molecule has 0 aliphatic carbocycles. The van der Waals surface area contributed by atoms with Gasteiger partial charge in [-0.15, -0.1) is 11.6 Å². The van der Waals surface area contributed by atoms with Crippen LogP contribution in [0.3, 0.4) is 0 Å². The lowest BCUT2D eigenvalue weighted by Crippen LogP contribution is -2.28. The highest BCUT2D eigenvalue weighted by Crippen LogP contribution is 2.35. The summed E-state index contributed by atoms with van der Waals surface area (Å²) in [5.74, 6) is -0.0945. The summed E-state index contributed by atoms with van der Waals surface area (Å²) in [4.78, 5) is 0. The highest BCUT2D eigenvalue weighted by atomic mass is 35.5. The Labute approximate surface area is 122 Å². The summed E-state index contributed by atoms with van der Waals surface area (Å²) in [5.41, 5.74) is -0.163. The summed E-state index contributed by atoms with van der Waals surface area (Å²) < 4.78 is 18.8. The molecule has 0 heterocycles. The second-order valence-electron chi connectivity index (χ2n) is 4.51. The molecule has 0 bridgehead atoms. The van der Waals surface area contributed by atoms with Gasteiger partial charge in [-0.3, -0.25) is 0 Å². The lowest BCUT2D eigenvalue weighted by Gasteiger charge is -2.29. The van der Waals surface area contributed by atoms with Gasteiger partial charge in [0.15, 0.2) is 11.6 Å². The molecule has 1 unspecified atom stereocenters. The van der Waals surface area contributed by atoms with E-state index in [2.05, 4.69) is 0 Å². The van der Waals surface area contributed by atoms with Gasteiger partial charge in [0.05, 0.1) is 7.11 Å². The van der Waals surface area contributed by atoms with Gasteiger partial charge in [-0.2, -0.15) is 0 Å². The van der Waals surface area contributed by atoms with Crippen LogP contribution in [0, 0.1) is 5.82 Å². The first-order valence-corrected chi connectivity index (χ1v) is 6.83. The molecular formula is C16H16ClFO2. The zero-order valence-corrected chi connectivity index (χ0v) is 11.9. The molecule has 2 nitrogen and oxygen atoms in total. The van der Waals surface area contributed by atoms with Gasteiger partial charge in [-0.25, -0.2) is 4.39 Å². The van der Waals surface area contributed by atoms with Crippen molar-refractivity contribution in [3.63, 3.8) is 0 Å². The van der Waals surface area contributed by atoms with Crippen LogP contribution in [0.5, 0.6) is 5.75 Å². The molecule has 106 valence electrons. The fourth-order valence-electron chi connectivity index (χ4n) is 2.23. The zero-order chi connectivity index (χ0) is 14.6. The van der Waals surface area contributed by atoms with E-state index >= 15 is 0 Å². The van der Waals surface area contributed by atoms with E-state index in [0.29, 0.717) is 17.5 Å². The van der Waals surface area contributed by atoms with E-state index in [1.165, 1.54) is 19.2 Å². The molecular weight excluding hydrogens is 279 g/mol. The summed E-state index contributed by atoms with van der Waals surface area (Å²) in [5, 5.41) is 11.0. The van der Waals surface area contributed by atoms with Gasteiger partial charge in [-0.1, -0.05) is 36.4 Å². The minimum atomic E-state index is -1.31. The van der Waals surface area contributed by atoms with Gasteiger partial charge in [0.25, 0.3) is 0 Å². The van der Waals surface area contributed by atoms with Gasteiger partial charge in [0.2, 0.25) is 0 Å². The van der Waals surface area contributed by atoms with Crippen molar-refractivity contribution in [3.05, 3.63) is 65.5 Å². The Morgan fingerprint density at radius 2 is 1.85 bits per heavy atom. The molecule has 1 atom stereocenters. The number of hydrogen-bond donors (Lipinski definition) is 1. The molecule has 0 aromatic heterocycles. The van der Waals surface area contributed by atoms with Gasteiger partial charge in [-0.05, 0) is 29.7 Å². The predicted octanol–water partition coefficient (Wildman–Crippen LogP) is 3.70. The van der Waals surface area contributed by atoms with Crippen molar-refractivity contribution in [2.24, 2.45) is 0 Å². The molecule has 2 rings (SSSR count). The number of methoxy groups -OCH3 is 1. The molecule has 0 saturated carbocycles. The molecule has 0 fully saturated rings. The fourth-order valence-corrected chi connectivity index (χ4v) is 2.50. The number of halogens is 2. The number of hydrogen-bond acceptors (Lipinski definition) is 2. The molecule has 1 N–H and O–H groups in total. The van der Waals surface area contributed by atoms with Crippen LogP contribution in [0.15, 0.2) is 48.5 Å². The standard InChI is InChI=1S/C16H16ClFO2/c1-20-15-8-7-13(11-14(15)18)16(19,9-10-17)12-5-3-2-4-6-12/h2-8,11,19H,9-10H2,1H3. The van der Waals surface area contributed by atoms with Crippen LogP contribution in [0.1, 0.15) is 17.5 Å². The minimum Gasteiger partial charge on any atom is -0.494 e. The summed E-state index contributed by atoms with van der Waals surface area (Å²) in [6.07, 6.45) is 0.296. The molecule has 0 aliphatic rings. The topological polar surface area (TPSA) is 29.5 Å². The van der Waals surface area contributed by atoms with Crippen molar-refractivity contribution in [2.75, 3.05) is 13.0 Å². The summed E-state index contributed by atoms with van der Waals surface area (Å²) in [6, 6.07) is 13.6. The lowest BCUT2D eigenvalue weighted by atomic mass is 9.84. The number of rotatable bonds is 5. The Balaban J connectivity index is 2.50. The average molecular weight is 295 g/mol. The molecule has 0 saturated heterocycles. The number of alkyl halides is 1. The van der Waals surface area contributed by atoms with Gasteiger partial charge in [0.1, 0.15) is 5.60 Å². The monoisotopic (exact) mass is 294 g/mol. The van der Waals surface area contributed by atoms with E-state index < -0.39 is 11.4 Å². The quantitative estimate of drug-likeness (QED) is 0.852. The maximum atomic E-state index is 13.9. The van der Waals surface area contributed by atoms with E-state index in [0.717, 1.165) is 0 Å². The fraction of sp³-hybridized carbons (Fsp3) is 0.250. The van der Waals surface area contributed by atoms with Crippen LogP contribution >= 0.6 is 11.6 Å². The number of ether oxygens (including phenoxy) is 1. The van der Waals surface area contributed by atoms with Crippen molar-refractivity contribution in [3.8, 4) is 5.75 Å². The minimum absolute atomic E-state index is 0.148. The van der Waals surface area contributed by atoms with E-state index in [9.17, 15) is 9.50 Å². The first-order chi connectivity index (χ1) is 9.61. The second kappa shape index (κ2) is 6.25. The SMILES string of the molecule is COc1ccc(C(O)(CCCl)c2ccccc2)cc1F. The molecule has 2 aromatic carbocycles. The maximum absolute atomic E-state index is 13.9. The van der Waals surface area contributed by atoms with E-state index in [4.69, 9.17) is 16.3 Å². The molecule has 0 spiro atoms. The average Bonchev–Trinajstić information content (AvgIpc) is 2.48. The number of aliphatic hydroxyl groups is 1.